The molecular formula is C8H6ClF3INO2. The Bertz CT molecular complexity index is 386. The minimum absolute atomic E-state index is 0.0442. The van der Waals surface area contributed by atoms with Gasteiger partial charge in [0.1, 0.15) is 3.70 Å². The van der Waals surface area contributed by atoms with E-state index < -0.39 is 18.7 Å². The maximum atomic E-state index is 12.1. The zero-order chi connectivity index (χ0) is 12.3. The molecule has 0 radical (unpaired) electrons. The predicted molar refractivity (Wildman–Crippen MR) is 59.1 cm³/mol. The lowest BCUT2D eigenvalue weighted by Gasteiger charge is -2.15. The third kappa shape index (κ3) is 3.36. The van der Waals surface area contributed by atoms with E-state index >= 15 is 0 Å². The lowest BCUT2D eigenvalue weighted by Crippen LogP contribution is -2.19. The first-order valence-corrected chi connectivity index (χ1v) is 5.59. The van der Waals surface area contributed by atoms with Crippen LogP contribution >= 0.6 is 34.2 Å². The van der Waals surface area contributed by atoms with Crippen molar-refractivity contribution in [2.45, 2.75) is 18.8 Å². The van der Waals surface area contributed by atoms with Crippen LogP contribution in [-0.4, -0.2) is 16.5 Å². The molecule has 1 aromatic heterocycles. The van der Waals surface area contributed by atoms with Crippen LogP contribution in [0.1, 0.15) is 11.1 Å². The number of aromatic nitrogens is 1. The Morgan fingerprint density at radius 1 is 1.50 bits per heavy atom. The first kappa shape index (κ1) is 13.8. The summed E-state index contributed by atoms with van der Waals surface area (Å²) in [6.45, 7) is -0.444. The molecule has 0 unspecified atom stereocenters. The smallest absolute Gasteiger partial charge is 0.403 e. The summed E-state index contributed by atoms with van der Waals surface area (Å²) in [6.07, 6.45) is -3.54. The summed E-state index contributed by atoms with van der Waals surface area (Å²) in [5.74, 6) is -0.644. The Hall–Kier alpha value is -0.280. The van der Waals surface area contributed by atoms with Gasteiger partial charge in [-0.25, -0.2) is 4.98 Å². The second kappa shape index (κ2) is 5.37. The standard InChI is InChI=1S/C8H6ClF3INO2/c9-1-5-4(3-15)2-14-7(13)6(5)16-8(10,11)12/h2,15H,1,3H2. The summed E-state index contributed by atoms with van der Waals surface area (Å²) >= 11 is 7.13. The summed E-state index contributed by atoms with van der Waals surface area (Å²) < 4.78 is 40.2. The van der Waals surface area contributed by atoms with Crippen LogP contribution in [0.2, 0.25) is 0 Å². The van der Waals surface area contributed by atoms with E-state index in [4.69, 9.17) is 16.7 Å². The highest BCUT2D eigenvalue weighted by Gasteiger charge is 2.33. The largest absolute Gasteiger partial charge is 0.573 e. The van der Waals surface area contributed by atoms with Gasteiger partial charge in [0.15, 0.2) is 5.75 Å². The highest BCUT2D eigenvalue weighted by Crippen LogP contribution is 2.33. The number of hydrogen-bond donors (Lipinski definition) is 1. The van der Waals surface area contributed by atoms with E-state index in [0.29, 0.717) is 0 Å². The van der Waals surface area contributed by atoms with Crippen molar-refractivity contribution in [1.82, 2.24) is 4.98 Å². The first-order valence-electron chi connectivity index (χ1n) is 3.98. The molecule has 0 saturated carbocycles. The van der Waals surface area contributed by atoms with Gasteiger partial charge in [0, 0.05) is 17.3 Å². The molecule has 1 rings (SSSR count). The molecule has 1 N–H and O–H groups in total. The molecule has 0 aromatic carbocycles. The number of hydrogen-bond acceptors (Lipinski definition) is 3. The number of halogens is 5. The second-order valence-corrected chi connectivity index (χ2v) is 4.01. The Morgan fingerprint density at radius 2 is 2.12 bits per heavy atom. The average molecular weight is 367 g/mol. The van der Waals surface area contributed by atoms with Crippen molar-refractivity contribution >= 4 is 34.2 Å². The van der Waals surface area contributed by atoms with Gasteiger partial charge in [0.25, 0.3) is 0 Å². The highest BCUT2D eigenvalue weighted by molar-refractivity contribution is 14.1. The summed E-state index contributed by atoms with van der Waals surface area (Å²) in [5.41, 5.74) is 0.315. The lowest BCUT2D eigenvalue weighted by molar-refractivity contribution is -0.275. The number of pyridine rings is 1. The van der Waals surface area contributed by atoms with Crippen LogP contribution in [0.5, 0.6) is 5.75 Å². The fourth-order valence-electron chi connectivity index (χ4n) is 1.04. The lowest BCUT2D eigenvalue weighted by atomic mass is 10.1. The SMILES string of the molecule is OCc1cnc(I)c(OC(F)(F)F)c1CCl. The van der Waals surface area contributed by atoms with E-state index in [1.165, 1.54) is 6.20 Å². The van der Waals surface area contributed by atoms with Crippen molar-refractivity contribution in [3.8, 4) is 5.75 Å². The normalized spacial score (nSPS) is 11.6. The van der Waals surface area contributed by atoms with E-state index in [1.807, 2.05) is 0 Å². The van der Waals surface area contributed by atoms with Crippen LogP contribution in [0.25, 0.3) is 0 Å². The Kier molecular flexibility index (Phi) is 4.62. The summed E-state index contributed by atoms with van der Waals surface area (Å²) in [4.78, 5) is 3.69. The van der Waals surface area contributed by atoms with Crippen LogP contribution in [0.4, 0.5) is 13.2 Å². The molecule has 0 atom stereocenters. The van der Waals surface area contributed by atoms with E-state index in [9.17, 15) is 13.2 Å². The van der Waals surface area contributed by atoms with Crippen LogP contribution < -0.4 is 4.74 Å². The second-order valence-electron chi connectivity index (χ2n) is 2.72. The molecule has 0 bridgehead atoms. The Morgan fingerprint density at radius 3 is 2.56 bits per heavy atom. The quantitative estimate of drug-likeness (QED) is 0.507. The van der Waals surface area contributed by atoms with E-state index in [-0.39, 0.29) is 20.7 Å². The van der Waals surface area contributed by atoms with Crippen LogP contribution in [-0.2, 0) is 12.5 Å². The fourth-order valence-corrected chi connectivity index (χ4v) is 1.91. The van der Waals surface area contributed by atoms with Crippen molar-refractivity contribution in [3.63, 3.8) is 0 Å². The number of aliphatic hydroxyl groups excluding tert-OH is 1. The maximum absolute atomic E-state index is 12.1. The Balaban J connectivity index is 3.23. The molecular weight excluding hydrogens is 361 g/mol. The van der Waals surface area contributed by atoms with Crippen molar-refractivity contribution in [1.29, 1.82) is 0 Å². The molecule has 0 aliphatic rings. The maximum Gasteiger partial charge on any atom is 0.573 e. The van der Waals surface area contributed by atoms with Crippen LogP contribution in [0.15, 0.2) is 6.20 Å². The molecule has 8 heteroatoms. The zero-order valence-electron chi connectivity index (χ0n) is 7.68. The predicted octanol–water partition coefficient (Wildman–Crippen LogP) is 2.82. The van der Waals surface area contributed by atoms with Gasteiger partial charge in [-0.05, 0) is 22.6 Å². The number of ether oxygens (including phenoxy) is 1. The fraction of sp³-hybridized carbons (Fsp3) is 0.375. The third-order valence-corrected chi connectivity index (χ3v) is 2.74. The van der Waals surface area contributed by atoms with Crippen molar-refractivity contribution in [2.75, 3.05) is 0 Å². The van der Waals surface area contributed by atoms with Gasteiger partial charge in [-0.15, -0.1) is 24.8 Å². The van der Waals surface area contributed by atoms with Crippen molar-refractivity contribution < 1.29 is 23.0 Å². The van der Waals surface area contributed by atoms with Gasteiger partial charge in [-0.1, -0.05) is 0 Å². The molecule has 3 nitrogen and oxygen atoms in total. The zero-order valence-corrected chi connectivity index (χ0v) is 10.6. The topological polar surface area (TPSA) is 42.4 Å². The summed E-state index contributed by atoms with van der Waals surface area (Å²) in [7, 11) is 0. The highest BCUT2D eigenvalue weighted by atomic mass is 127. The van der Waals surface area contributed by atoms with Gasteiger partial charge >= 0.3 is 6.36 Å². The molecule has 0 aliphatic heterocycles. The van der Waals surface area contributed by atoms with E-state index in [0.717, 1.165) is 0 Å². The number of nitrogens with zero attached hydrogens (tertiary/aromatic N) is 1. The minimum Gasteiger partial charge on any atom is -0.403 e. The van der Waals surface area contributed by atoms with Gasteiger partial charge in [-0.3, -0.25) is 0 Å². The van der Waals surface area contributed by atoms with E-state index in [2.05, 4.69) is 9.72 Å². The van der Waals surface area contributed by atoms with Crippen LogP contribution in [0, 0.1) is 3.70 Å². The first-order chi connectivity index (χ1) is 7.39. The molecule has 1 aromatic rings. The monoisotopic (exact) mass is 367 g/mol. The molecule has 0 fully saturated rings. The average Bonchev–Trinajstić information content (AvgIpc) is 2.19. The molecule has 1 heterocycles. The summed E-state index contributed by atoms with van der Waals surface area (Å²) in [6, 6.07) is 0. The van der Waals surface area contributed by atoms with Crippen molar-refractivity contribution in [3.05, 3.63) is 21.0 Å². The van der Waals surface area contributed by atoms with Gasteiger partial charge < -0.3 is 9.84 Å². The number of aliphatic hydroxyl groups is 1. The van der Waals surface area contributed by atoms with Crippen molar-refractivity contribution in [2.24, 2.45) is 0 Å². The molecule has 0 spiro atoms. The molecule has 0 aliphatic carbocycles. The molecule has 16 heavy (non-hydrogen) atoms. The number of rotatable bonds is 3. The molecule has 90 valence electrons. The summed E-state index contributed by atoms with van der Waals surface area (Å²) in [5, 5.41) is 8.93. The minimum atomic E-state index is -4.81. The van der Waals surface area contributed by atoms with Gasteiger partial charge in [-0.2, -0.15) is 0 Å². The molecule has 0 amide bonds. The Labute approximate surface area is 108 Å². The van der Waals surface area contributed by atoms with Gasteiger partial charge in [0.2, 0.25) is 0 Å². The van der Waals surface area contributed by atoms with E-state index in [1.54, 1.807) is 22.6 Å². The third-order valence-electron chi connectivity index (χ3n) is 1.70. The van der Waals surface area contributed by atoms with Gasteiger partial charge in [0.05, 0.1) is 12.5 Å². The van der Waals surface area contributed by atoms with Crippen LogP contribution in [0.3, 0.4) is 0 Å². The number of alkyl halides is 4. The molecule has 0 saturated heterocycles.